The largest absolute Gasteiger partial charge is 0.370 e. The highest BCUT2D eigenvalue weighted by atomic mass is 79.9. The van der Waals surface area contributed by atoms with E-state index < -0.39 is 0 Å². The maximum atomic E-state index is 4.29. The molecule has 1 rings (SSSR count). The highest BCUT2D eigenvalue weighted by Gasteiger charge is 1.98. The van der Waals surface area contributed by atoms with Gasteiger partial charge in [-0.1, -0.05) is 0 Å². The first kappa shape index (κ1) is 12.8. The molecule has 0 saturated carbocycles. The molecule has 0 aliphatic carbocycles. The number of hydrogen-bond donors (Lipinski definition) is 1. The van der Waals surface area contributed by atoms with Crippen LogP contribution in [-0.2, 0) is 0 Å². The Bertz CT molecular complexity index is 286. The van der Waals surface area contributed by atoms with Gasteiger partial charge >= 0.3 is 0 Å². The van der Waals surface area contributed by atoms with Crippen molar-refractivity contribution in [2.45, 2.75) is 19.8 Å². The van der Waals surface area contributed by atoms with Gasteiger partial charge in [0.1, 0.15) is 16.2 Å². The van der Waals surface area contributed by atoms with Crippen LogP contribution in [0.3, 0.4) is 0 Å². The summed E-state index contributed by atoms with van der Waals surface area (Å²) in [5.74, 6) is 2.92. The second-order valence-electron chi connectivity index (χ2n) is 3.25. The van der Waals surface area contributed by atoms with Crippen molar-refractivity contribution in [3.05, 3.63) is 16.5 Å². The second kappa shape index (κ2) is 7.06. The molecule has 0 bridgehead atoms. The number of anilines is 1. The average Bonchev–Trinajstić information content (AvgIpc) is 2.16. The fourth-order valence-electron chi connectivity index (χ4n) is 1.21. The van der Waals surface area contributed by atoms with Gasteiger partial charge in [-0.25, -0.2) is 9.97 Å². The third-order valence-corrected chi connectivity index (χ3v) is 2.99. The predicted molar refractivity (Wildman–Crippen MR) is 70.6 cm³/mol. The number of aryl methyl sites for hydroxylation is 1. The van der Waals surface area contributed by atoms with Gasteiger partial charge in [0.05, 0.1) is 0 Å². The Morgan fingerprint density at radius 1 is 1.40 bits per heavy atom. The number of nitrogens with one attached hydrogen (secondary N) is 1. The number of thioether (sulfide) groups is 1. The van der Waals surface area contributed by atoms with Crippen molar-refractivity contribution >= 4 is 33.5 Å². The Hall–Kier alpha value is -0.290. The number of halogens is 1. The van der Waals surface area contributed by atoms with E-state index in [1.165, 1.54) is 18.6 Å². The lowest BCUT2D eigenvalue weighted by atomic mass is 10.3. The molecule has 0 fully saturated rings. The molecule has 84 valence electrons. The minimum Gasteiger partial charge on any atom is -0.370 e. The molecule has 15 heavy (non-hydrogen) atoms. The molecular weight excluding hydrogens is 274 g/mol. The molecule has 0 radical (unpaired) electrons. The maximum absolute atomic E-state index is 4.29. The van der Waals surface area contributed by atoms with E-state index >= 15 is 0 Å². The van der Waals surface area contributed by atoms with Crippen LogP contribution in [0.5, 0.6) is 0 Å². The van der Waals surface area contributed by atoms with Crippen LogP contribution in [0.15, 0.2) is 10.7 Å². The standard InChI is InChI=1S/C10H16BrN3S/c1-8-13-9(11)7-10(14-8)12-5-3-4-6-15-2/h7H,3-6H2,1-2H3,(H,12,13,14). The van der Waals surface area contributed by atoms with Crippen molar-refractivity contribution in [2.75, 3.05) is 23.9 Å². The monoisotopic (exact) mass is 289 g/mol. The summed E-state index contributed by atoms with van der Waals surface area (Å²) in [7, 11) is 0. The summed E-state index contributed by atoms with van der Waals surface area (Å²) in [5, 5.41) is 3.29. The van der Waals surface area contributed by atoms with Crippen molar-refractivity contribution in [2.24, 2.45) is 0 Å². The minimum absolute atomic E-state index is 0.788. The van der Waals surface area contributed by atoms with Gasteiger partial charge in [0.2, 0.25) is 0 Å². The molecule has 0 atom stereocenters. The van der Waals surface area contributed by atoms with Gasteiger partial charge in [-0.05, 0) is 47.7 Å². The zero-order valence-electron chi connectivity index (χ0n) is 9.09. The van der Waals surface area contributed by atoms with Crippen LogP contribution in [0.2, 0.25) is 0 Å². The molecular formula is C10H16BrN3S. The Labute approximate surface area is 104 Å². The molecule has 5 heteroatoms. The van der Waals surface area contributed by atoms with Gasteiger partial charge in [-0.2, -0.15) is 11.8 Å². The van der Waals surface area contributed by atoms with Crippen LogP contribution in [-0.4, -0.2) is 28.5 Å². The lowest BCUT2D eigenvalue weighted by Crippen LogP contribution is -2.05. The summed E-state index contributed by atoms with van der Waals surface area (Å²) < 4.78 is 0.835. The fourth-order valence-corrected chi connectivity index (χ4v) is 2.18. The Morgan fingerprint density at radius 2 is 2.20 bits per heavy atom. The first-order chi connectivity index (χ1) is 7.22. The predicted octanol–water partition coefficient (Wildman–Crippen LogP) is 3.10. The van der Waals surface area contributed by atoms with Crippen LogP contribution in [0.25, 0.3) is 0 Å². The Morgan fingerprint density at radius 3 is 2.87 bits per heavy atom. The molecule has 0 aromatic carbocycles. The molecule has 1 heterocycles. The molecule has 1 aromatic rings. The van der Waals surface area contributed by atoms with Crippen molar-refractivity contribution in [3.63, 3.8) is 0 Å². The first-order valence-electron chi connectivity index (χ1n) is 4.96. The first-order valence-corrected chi connectivity index (χ1v) is 7.15. The van der Waals surface area contributed by atoms with Gasteiger partial charge in [-0.3, -0.25) is 0 Å². The second-order valence-corrected chi connectivity index (χ2v) is 5.05. The topological polar surface area (TPSA) is 37.8 Å². The number of hydrogen-bond acceptors (Lipinski definition) is 4. The maximum Gasteiger partial charge on any atom is 0.130 e. The van der Waals surface area contributed by atoms with E-state index in [1.54, 1.807) is 0 Å². The molecule has 0 amide bonds. The van der Waals surface area contributed by atoms with Gasteiger partial charge in [-0.15, -0.1) is 0 Å². The summed E-state index contributed by atoms with van der Waals surface area (Å²) in [6.45, 7) is 2.87. The zero-order chi connectivity index (χ0) is 11.1. The van der Waals surface area contributed by atoms with E-state index in [0.717, 1.165) is 22.8 Å². The van der Waals surface area contributed by atoms with E-state index in [1.807, 2.05) is 24.8 Å². The van der Waals surface area contributed by atoms with Crippen LogP contribution in [0, 0.1) is 6.92 Å². The van der Waals surface area contributed by atoms with Gasteiger partial charge in [0, 0.05) is 12.6 Å². The summed E-state index contributed by atoms with van der Waals surface area (Å²) >= 11 is 5.24. The molecule has 0 saturated heterocycles. The van der Waals surface area contributed by atoms with Gasteiger partial charge in [0.15, 0.2) is 0 Å². The molecule has 0 aliphatic heterocycles. The van der Waals surface area contributed by atoms with E-state index in [-0.39, 0.29) is 0 Å². The Balaban J connectivity index is 2.31. The molecule has 1 aromatic heterocycles. The van der Waals surface area contributed by atoms with E-state index in [9.17, 15) is 0 Å². The van der Waals surface area contributed by atoms with Gasteiger partial charge < -0.3 is 5.32 Å². The SMILES string of the molecule is CSCCCCNc1cc(Br)nc(C)n1. The van der Waals surface area contributed by atoms with Crippen LogP contribution in [0.1, 0.15) is 18.7 Å². The lowest BCUT2D eigenvalue weighted by Gasteiger charge is -2.05. The molecule has 0 unspecified atom stereocenters. The number of unbranched alkanes of at least 4 members (excludes halogenated alkanes) is 1. The summed E-state index contributed by atoms with van der Waals surface area (Å²) in [4.78, 5) is 8.45. The third-order valence-electron chi connectivity index (χ3n) is 1.89. The molecule has 0 aliphatic rings. The van der Waals surface area contributed by atoms with Gasteiger partial charge in [0.25, 0.3) is 0 Å². The summed E-state index contributed by atoms with van der Waals surface area (Å²) in [6.07, 6.45) is 4.57. The Kier molecular flexibility index (Phi) is 6.02. The highest BCUT2D eigenvalue weighted by Crippen LogP contribution is 2.12. The van der Waals surface area contributed by atoms with Crippen molar-refractivity contribution < 1.29 is 0 Å². The fraction of sp³-hybridized carbons (Fsp3) is 0.600. The number of aromatic nitrogens is 2. The average molecular weight is 290 g/mol. The number of rotatable bonds is 6. The van der Waals surface area contributed by atoms with E-state index in [4.69, 9.17) is 0 Å². The van der Waals surface area contributed by atoms with E-state index in [0.29, 0.717) is 0 Å². The van der Waals surface area contributed by atoms with Crippen LogP contribution >= 0.6 is 27.7 Å². The van der Waals surface area contributed by atoms with Crippen LogP contribution in [0.4, 0.5) is 5.82 Å². The molecule has 0 spiro atoms. The minimum atomic E-state index is 0.788. The summed E-state index contributed by atoms with van der Waals surface area (Å²) in [5.41, 5.74) is 0. The highest BCUT2D eigenvalue weighted by molar-refractivity contribution is 9.10. The third kappa shape index (κ3) is 5.37. The quantitative estimate of drug-likeness (QED) is 0.645. The smallest absolute Gasteiger partial charge is 0.130 e. The zero-order valence-corrected chi connectivity index (χ0v) is 11.5. The van der Waals surface area contributed by atoms with Crippen molar-refractivity contribution in [3.8, 4) is 0 Å². The van der Waals surface area contributed by atoms with Crippen LogP contribution < -0.4 is 5.32 Å². The molecule has 1 N–H and O–H groups in total. The lowest BCUT2D eigenvalue weighted by molar-refractivity contribution is 0.837. The van der Waals surface area contributed by atoms with E-state index in [2.05, 4.69) is 37.5 Å². The normalized spacial score (nSPS) is 10.3. The molecule has 3 nitrogen and oxygen atoms in total. The number of nitrogens with zero attached hydrogens (tertiary/aromatic N) is 2. The van der Waals surface area contributed by atoms with Crippen molar-refractivity contribution in [1.29, 1.82) is 0 Å². The van der Waals surface area contributed by atoms with Crippen molar-refractivity contribution in [1.82, 2.24) is 9.97 Å². The summed E-state index contributed by atoms with van der Waals surface area (Å²) in [6, 6.07) is 1.90.